The van der Waals surface area contributed by atoms with Gasteiger partial charge in [-0.05, 0) is 43.4 Å². The topological polar surface area (TPSA) is 79.5 Å². The summed E-state index contributed by atoms with van der Waals surface area (Å²) in [4.78, 5) is 15.1. The third kappa shape index (κ3) is 2.52. The highest BCUT2D eigenvalue weighted by Crippen LogP contribution is 2.35. The van der Waals surface area contributed by atoms with Gasteiger partial charge < -0.3 is 10.4 Å². The van der Waals surface area contributed by atoms with Gasteiger partial charge in [-0.1, -0.05) is 0 Å². The number of hydrogen-bond acceptors (Lipinski definition) is 4. The number of nitrogens with zero attached hydrogens (tertiary/aromatic N) is 3. The Hall–Kier alpha value is -2.11. The lowest BCUT2D eigenvalue weighted by atomic mass is 10.1. The van der Waals surface area contributed by atoms with Crippen LogP contribution < -0.4 is 5.32 Å². The molecule has 1 saturated carbocycles. The fourth-order valence-electron chi connectivity index (χ4n) is 2.37. The number of carboxylic acid groups (broad SMARTS) is 1. The SMILES string of the molecule is Cc1cc(NC(CC(=O)O)C2CC2)n2ncnc2c1. The maximum absolute atomic E-state index is 10.9. The van der Waals surface area contributed by atoms with Gasteiger partial charge in [-0.2, -0.15) is 9.61 Å². The van der Waals surface area contributed by atoms with Crippen LogP contribution in [0.4, 0.5) is 5.82 Å². The number of aromatic nitrogens is 3. The van der Waals surface area contributed by atoms with Gasteiger partial charge >= 0.3 is 5.97 Å². The molecular weight excluding hydrogens is 244 g/mol. The summed E-state index contributed by atoms with van der Waals surface area (Å²) in [6, 6.07) is 3.88. The molecule has 1 atom stereocenters. The van der Waals surface area contributed by atoms with Crippen LogP contribution in [0.15, 0.2) is 18.5 Å². The molecule has 0 radical (unpaired) electrons. The molecule has 1 fully saturated rings. The third-order valence-electron chi connectivity index (χ3n) is 3.44. The summed E-state index contributed by atoms with van der Waals surface area (Å²) in [6.45, 7) is 1.99. The van der Waals surface area contributed by atoms with Crippen LogP contribution in [0.3, 0.4) is 0 Å². The van der Waals surface area contributed by atoms with Crippen molar-refractivity contribution in [3.63, 3.8) is 0 Å². The monoisotopic (exact) mass is 260 g/mol. The molecule has 2 N–H and O–H groups in total. The van der Waals surface area contributed by atoms with Crippen LogP contribution in [0.1, 0.15) is 24.8 Å². The van der Waals surface area contributed by atoms with Crippen LogP contribution >= 0.6 is 0 Å². The Bertz CT molecular complexity index is 618. The molecule has 2 aromatic rings. The van der Waals surface area contributed by atoms with Gasteiger partial charge in [0.15, 0.2) is 5.65 Å². The van der Waals surface area contributed by atoms with Crippen LogP contribution in [0, 0.1) is 12.8 Å². The fraction of sp³-hybridized carbons (Fsp3) is 0.462. The van der Waals surface area contributed by atoms with E-state index >= 15 is 0 Å². The van der Waals surface area contributed by atoms with E-state index in [4.69, 9.17) is 5.11 Å². The summed E-state index contributed by atoms with van der Waals surface area (Å²) < 4.78 is 1.71. The van der Waals surface area contributed by atoms with E-state index in [0.717, 1.165) is 29.9 Å². The average Bonchev–Trinajstić information content (AvgIpc) is 3.07. The van der Waals surface area contributed by atoms with Gasteiger partial charge in [0.1, 0.15) is 12.1 Å². The Balaban J connectivity index is 1.90. The summed E-state index contributed by atoms with van der Waals surface area (Å²) in [6.07, 6.45) is 3.83. The van der Waals surface area contributed by atoms with E-state index in [9.17, 15) is 4.79 Å². The van der Waals surface area contributed by atoms with Crippen molar-refractivity contribution in [1.82, 2.24) is 14.6 Å². The number of nitrogens with one attached hydrogen (secondary N) is 1. The minimum Gasteiger partial charge on any atom is -0.481 e. The second-order valence-corrected chi connectivity index (χ2v) is 5.13. The quantitative estimate of drug-likeness (QED) is 0.855. The van der Waals surface area contributed by atoms with Gasteiger partial charge in [0, 0.05) is 6.04 Å². The van der Waals surface area contributed by atoms with E-state index in [-0.39, 0.29) is 12.5 Å². The third-order valence-corrected chi connectivity index (χ3v) is 3.44. The Morgan fingerprint density at radius 3 is 3.05 bits per heavy atom. The molecule has 3 rings (SSSR count). The van der Waals surface area contributed by atoms with Crippen molar-refractivity contribution in [2.24, 2.45) is 5.92 Å². The predicted molar refractivity (Wildman–Crippen MR) is 70.1 cm³/mol. The first-order valence-electron chi connectivity index (χ1n) is 6.42. The number of aliphatic carboxylic acids is 1. The van der Waals surface area contributed by atoms with Crippen molar-refractivity contribution in [1.29, 1.82) is 0 Å². The zero-order valence-corrected chi connectivity index (χ0v) is 10.7. The number of aryl methyl sites for hydroxylation is 1. The van der Waals surface area contributed by atoms with E-state index in [1.165, 1.54) is 6.33 Å². The number of fused-ring (bicyclic) bond motifs is 1. The molecule has 0 saturated heterocycles. The molecule has 6 nitrogen and oxygen atoms in total. The molecule has 2 heterocycles. The Labute approximate surface area is 110 Å². The summed E-state index contributed by atoms with van der Waals surface area (Å²) in [7, 11) is 0. The average molecular weight is 260 g/mol. The normalized spacial score (nSPS) is 16.5. The van der Waals surface area contributed by atoms with E-state index in [2.05, 4.69) is 15.4 Å². The molecule has 100 valence electrons. The standard InChI is InChI=1S/C13H16N4O2/c1-8-4-11-14-7-15-17(11)12(5-8)16-10(6-13(18)19)9-2-3-9/h4-5,7,9-10,16H,2-3,6H2,1H3,(H,18,19). The molecule has 1 aliphatic rings. The molecule has 0 spiro atoms. The molecule has 1 aliphatic carbocycles. The summed E-state index contributed by atoms with van der Waals surface area (Å²) in [5.74, 6) is 0.493. The summed E-state index contributed by atoms with van der Waals surface area (Å²) in [5, 5.41) is 16.5. The lowest BCUT2D eigenvalue weighted by molar-refractivity contribution is -0.137. The highest BCUT2D eigenvalue weighted by atomic mass is 16.4. The highest BCUT2D eigenvalue weighted by Gasteiger charge is 2.33. The molecule has 0 bridgehead atoms. The number of hydrogen-bond donors (Lipinski definition) is 2. The number of carbonyl (C=O) groups is 1. The summed E-state index contributed by atoms with van der Waals surface area (Å²) >= 11 is 0. The molecule has 0 aliphatic heterocycles. The van der Waals surface area contributed by atoms with Gasteiger partial charge in [-0.3, -0.25) is 4.79 Å². The molecule has 19 heavy (non-hydrogen) atoms. The smallest absolute Gasteiger partial charge is 0.305 e. The van der Waals surface area contributed by atoms with Crippen molar-refractivity contribution < 1.29 is 9.90 Å². The molecule has 2 aromatic heterocycles. The van der Waals surface area contributed by atoms with Gasteiger partial charge in [0.2, 0.25) is 0 Å². The second-order valence-electron chi connectivity index (χ2n) is 5.13. The van der Waals surface area contributed by atoms with Crippen molar-refractivity contribution in [2.45, 2.75) is 32.2 Å². The Morgan fingerprint density at radius 2 is 2.37 bits per heavy atom. The van der Waals surface area contributed by atoms with Crippen LogP contribution in [-0.4, -0.2) is 31.7 Å². The molecule has 6 heteroatoms. The van der Waals surface area contributed by atoms with Crippen molar-refractivity contribution in [3.05, 3.63) is 24.0 Å². The van der Waals surface area contributed by atoms with Crippen LogP contribution in [0.5, 0.6) is 0 Å². The highest BCUT2D eigenvalue weighted by molar-refractivity contribution is 5.68. The lowest BCUT2D eigenvalue weighted by Crippen LogP contribution is -2.26. The lowest BCUT2D eigenvalue weighted by Gasteiger charge is -2.18. The number of rotatable bonds is 5. The van der Waals surface area contributed by atoms with Crippen LogP contribution in [0.2, 0.25) is 0 Å². The fourth-order valence-corrected chi connectivity index (χ4v) is 2.37. The van der Waals surface area contributed by atoms with Crippen molar-refractivity contribution in [3.8, 4) is 0 Å². The van der Waals surface area contributed by atoms with Crippen LogP contribution in [0.25, 0.3) is 5.65 Å². The van der Waals surface area contributed by atoms with Crippen molar-refractivity contribution in [2.75, 3.05) is 5.32 Å². The van der Waals surface area contributed by atoms with Gasteiger partial charge in [0.25, 0.3) is 0 Å². The van der Waals surface area contributed by atoms with Gasteiger partial charge in [-0.25, -0.2) is 4.98 Å². The molecular formula is C13H16N4O2. The van der Waals surface area contributed by atoms with E-state index in [1.807, 2.05) is 19.1 Å². The van der Waals surface area contributed by atoms with E-state index in [0.29, 0.717) is 5.92 Å². The number of anilines is 1. The molecule has 1 unspecified atom stereocenters. The van der Waals surface area contributed by atoms with Gasteiger partial charge in [-0.15, -0.1) is 0 Å². The first-order valence-corrected chi connectivity index (χ1v) is 6.42. The second kappa shape index (κ2) is 4.53. The Kier molecular flexibility index (Phi) is 2.85. The van der Waals surface area contributed by atoms with Crippen LogP contribution in [-0.2, 0) is 4.79 Å². The molecule has 0 amide bonds. The largest absolute Gasteiger partial charge is 0.481 e. The number of carboxylic acids is 1. The number of pyridine rings is 1. The summed E-state index contributed by atoms with van der Waals surface area (Å²) in [5.41, 5.74) is 1.85. The first kappa shape index (κ1) is 12.0. The maximum Gasteiger partial charge on any atom is 0.305 e. The van der Waals surface area contributed by atoms with Crippen molar-refractivity contribution >= 4 is 17.4 Å². The minimum atomic E-state index is -0.771. The Morgan fingerprint density at radius 1 is 1.58 bits per heavy atom. The zero-order valence-electron chi connectivity index (χ0n) is 10.7. The van der Waals surface area contributed by atoms with E-state index < -0.39 is 5.97 Å². The maximum atomic E-state index is 10.9. The predicted octanol–water partition coefficient (Wildman–Crippen LogP) is 1.70. The first-order chi connectivity index (χ1) is 9.13. The minimum absolute atomic E-state index is 0.0355. The molecule has 0 aromatic carbocycles. The zero-order chi connectivity index (χ0) is 13.4. The van der Waals surface area contributed by atoms with E-state index in [1.54, 1.807) is 4.52 Å². The van der Waals surface area contributed by atoms with Gasteiger partial charge in [0.05, 0.1) is 6.42 Å².